The van der Waals surface area contributed by atoms with Gasteiger partial charge in [0.1, 0.15) is 6.04 Å². The number of benzene rings is 1. The van der Waals surface area contributed by atoms with Crippen molar-refractivity contribution >= 4 is 11.9 Å². The van der Waals surface area contributed by atoms with Crippen LogP contribution in [0.4, 0.5) is 4.39 Å². The zero-order valence-electron chi connectivity index (χ0n) is 11.2. The summed E-state index contributed by atoms with van der Waals surface area (Å²) in [4.78, 5) is 25.0. The molecule has 6 heteroatoms. The molecule has 108 valence electrons. The highest BCUT2D eigenvalue weighted by Crippen LogP contribution is 2.20. The number of hydrogen-bond acceptors (Lipinski definition) is 4. The Balaban J connectivity index is 1.95. The topological polar surface area (TPSA) is 55.8 Å². The number of methoxy groups -OCH3 is 1. The molecule has 1 aliphatic rings. The number of likely N-dealkylation sites (tertiary alicyclic amines) is 1. The molecule has 0 bridgehead atoms. The van der Waals surface area contributed by atoms with Gasteiger partial charge in [-0.25, -0.2) is 9.18 Å². The van der Waals surface area contributed by atoms with Crippen LogP contribution in [0.3, 0.4) is 0 Å². The van der Waals surface area contributed by atoms with Gasteiger partial charge >= 0.3 is 5.97 Å². The fourth-order valence-corrected chi connectivity index (χ4v) is 2.23. The maximum atomic E-state index is 13.4. The minimum atomic E-state index is -0.559. The Bertz CT molecular complexity index is 506. The van der Waals surface area contributed by atoms with Gasteiger partial charge in [0.25, 0.3) is 5.91 Å². The van der Waals surface area contributed by atoms with E-state index in [1.165, 1.54) is 30.2 Å². The van der Waals surface area contributed by atoms with E-state index in [1.54, 1.807) is 6.07 Å². The van der Waals surface area contributed by atoms with Crippen LogP contribution in [0.15, 0.2) is 24.3 Å². The zero-order valence-corrected chi connectivity index (χ0v) is 11.2. The fraction of sp³-hybridized carbons (Fsp3) is 0.429. The molecule has 1 amide bonds. The molecule has 1 fully saturated rings. The van der Waals surface area contributed by atoms with Crippen LogP contribution in [0.25, 0.3) is 0 Å². The van der Waals surface area contributed by atoms with E-state index in [0.29, 0.717) is 13.0 Å². The molecule has 2 rings (SSSR count). The van der Waals surface area contributed by atoms with Crippen LogP contribution in [-0.2, 0) is 14.3 Å². The van der Waals surface area contributed by atoms with Crippen LogP contribution < -0.4 is 4.74 Å². The molecule has 1 atom stereocenters. The van der Waals surface area contributed by atoms with Crippen molar-refractivity contribution in [3.05, 3.63) is 30.1 Å². The number of carbonyl (C=O) groups excluding carboxylic acids is 2. The highest BCUT2D eigenvalue weighted by atomic mass is 19.1. The number of nitrogens with zero attached hydrogens (tertiary/aromatic N) is 1. The lowest BCUT2D eigenvalue weighted by Gasteiger charge is -2.22. The van der Waals surface area contributed by atoms with Crippen molar-refractivity contribution in [2.24, 2.45) is 0 Å². The van der Waals surface area contributed by atoms with Crippen LogP contribution in [0, 0.1) is 5.82 Å². The zero-order chi connectivity index (χ0) is 14.5. The van der Waals surface area contributed by atoms with Crippen LogP contribution in [0.5, 0.6) is 5.75 Å². The van der Waals surface area contributed by atoms with Crippen molar-refractivity contribution in [2.45, 2.75) is 18.9 Å². The second-order valence-corrected chi connectivity index (χ2v) is 4.49. The van der Waals surface area contributed by atoms with E-state index in [9.17, 15) is 14.0 Å². The molecule has 0 aliphatic carbocycles. The third-order valence-corrected chi connectivity index (χ3v) is 3.23. The molecule has 1 aromatic rings. The summed E-state index contributed by atoms with van der Waals surface area (Å²) in [6.07, 6.45) is 1.32. The summed E-state index contributed by atoms with van der Waals surface area (Å²) in [6, 6.07) is 5.31. The number of rotatable bonds is 4. The van der Waals surface area contributed by atoms with Crippen molar-refractivity contribution in [3.8, 4) is 5.75 Å². The molecule has 1 heterocycles. The van der Waals surface area contributed by atoms with E-state index < -0.39 is 17.8 Å². The number of ether oxygens (including phenoxy) is 2. The molecule has 0 spiro atoms. The smallest absolute Gasteiger partial charge is 0.328 e. The molecule has 20 heavy (non-hydrogen) atoms. The summed E-state index contributed by atoms with van der Waals surface area (Å²) in [6.45, 7) is 0.188. The first-order chi connectivity index (χ1) is 9.63. The lowest BCUT2D eigenvalue weighted by atomic mass is 10.2. The largest absolute Gasteiger partial charge is 0.481 e. The number of carbonyl (C=O) groups is 2. The monoisotopic (exact) mass is 281 g/mol. The third kappa shape index (κ3) is 3.07. The molecule has 1 aromatic carbocycles. The summed E-state index contributed by atoms with van der Waals surface area (Å²) >= 11 is 0. The maximum Gasteiger partial charge on any atom is 0.328 e. The number of amides is 1. The van der Waals surface area contributed by atoms with Crippen LogP contribution in [0.1, 0.15) is 12.8 Å². The highest BCUT2D eigenvalue weighted by molar-refractivity contribution is 5.85. The molecule has 1 aliphatic heterocycles. The Hall–Kier alpha value is -2.11. The molecule has 0 aromatic heterocycles. The molecule has 0 radical (unpaired) electrons. The fourth-order valence-electron chi connectivity index (χ4n) is 2.23. The predicted octanol–water partition coefficient (Wildman–Crippen LogP) is 1.37. The van der Waals surface area contributed by atoms with Crippen LogP contribution in [-0.4, -0.2) is 43.1 Å². The average Bonchev–Trinajstić information content (AvgIpc) is 2.94. The Morgan fingerprint density at radius 2 is 2.15 bits per heavy atom. The first kappa shape index (κ1) is 14.3. The number of hydrogen-bond donors (Lipinski definition) is 0. The first-order valence-corrected chi connectivity index (χ1v) is 6.38. The summed E-state index contributed by atoms with van der Waals surface area (Å²) in [7, 11) is 1.29. The van der Waals surface area contributed by atoms with Crippen molar-refractivity contribution in [1.82, 2.24) is 4.90 Å². The SMILES string of the molecule is COC(=O)C1CCCN1C(=O)COc1ccccc1F. The average molecular weight is 281 g/mol. The summed E-state index contributed by atoms with van der Waals surface area (Å²) in [5.41, 5.74) is 0. The van der Waals surface area contributed by atoms with Gasteiger partial charge in [0, 0.05) is 6.54 Å². The molecule has 1 unspecified atom stereocenters. The van der Waals surface area contributed by atoms with Gasteiger partial charge < -0.3 is 14.4 Å². The van der Waals surface area contributed by atoms with Gasteiger partial charge in [0.2, 0.25) is 0 Å². The lowest BCUT2D eigenvalue weighted by molar-refractivity contribution is -0.151. The molecule has 5 nitrogen and oxygen atoms in total. The van der Waals surface area contributed by atoms with E-state index in [0.717, 1.165) is 6.42 Å². The Labute approximate surface area is 116 Å². The van der Waals surface area contributed by atoms with Gasteiger partial charge in [-0.05, 0) is 25.0 Å². The Morgan fingerprint density at radius 3 is 2.85 bits per heavy atom. The molecule has 0 N–H and O–H groups in total. The summed E-state index contributed by atoms with van der Waals surface area (Å²) < 4.78 is 23.2. The van der Waals surface area contributed by atoms with Gasteiger partial charge in [0.05, 0.1) is 7.11 Å². The van der Waals surface area contributed by atoms with Crippen molar-refractivity contribution in [2.75, 3.05) is 20.3 Å². The van der Waals surface area contributed by atoms with Crippen LogP contribution >= 0.6 is 0 Å². The summed E-state index contributed by atoms with van der Waals surface area (Å²) in [5, 5.41) is 0. The molecule has 1 saturated heterocycles. The van der Waals surface area contributed by atoms with Gasteiger partial charge in [-0.2, -0.15) is 0 Å². The van der Waals surface area contributed by atoms with Gasteiger partial charge in [-0.1, -0.05) is 12.1 Å². The quantitative estimate of drug-likeness (QED) is 0.782. The second-order valence-electron chi connectivity index (χ2n) is 4.49. The molecule has 0 saturated carbocycles. The van der Waals surface area contributed by atoms with Crippen molar-refractivity contribution in [1.29, 1.82) is 0 Å². The van der Waals surface area contributed by atoms with Gasteiger partial charge in [-0.15, -0.1) is 0 Å². The van der Waals surface area contributed by atoms with Crippen molar-refractivity contribution in [3.63, 3.8) is 0 Å². The highest BCUT2D eigenvalue weighted by Gasteiger charge is 2.34. The molecular weight excluding hydrogens is 265 g/mol. The predicted molar refractivity (Wildman–Crippen MR) is 68.6 cm³/mol. The van der Waals surface area contributed by atoms with E-state index in [-0.39, 0.29) is 18.3 Å². The standard InChI is InChI=1S/C14H16FNO4/c1-19-14(18)11-6-4-8-16(11)13(17)9-20-12-7-3-2-5-10(12)15/h2-3,5,7,11H,4,6,8-9H2,1H3. The number of esters is 1. The van der Waals surface area contributed by atoms with Crippen LogP contribution in [0.2, 0.25) is 0 Å². The maximum absolute atomic E-state index is 13.4. The van der Waals surface area contributed by atoms with Gasteiger partial charge in [0.15, 0.2) is 18.2 Å². The second kappa shape index (κ2) is 6.36. The Morgan fingerprint density at radius 1 is 1.40 bits per heavy atom. The number of halogens is 1. The van der Waals surface area contributed by atoms with E-state index in [1.807, 2.05) is 0 Å². The summed E-state index contributed by atoms with van der Waals surface area (Å²) in [5.74, 6) is -1.27. The lowest BCUT2D eigenvalue weighted by Crippen LogP contribution is -2.43. The van der Waals surface area contributed by atoms with Crippen molar-refractivity contribution < 1.29 is 23.5 Å². The molecular formula is C14H16FNO4. The minimum Gasteiger partial charge on any atom is -0.481 e. The first-order valence-electron chi connectivity index (χ1n) is 6.38. The van der Waals surface area contributed by atoms with E-state index >= 15 is 0 Å². The Kier molecular flexibility index (Phi) is 4.55. The minimum absolute atomic E-state index is 0.0228. The number of para-hydroxylation sites is 1. The van der Waals surface area contributed by atoms with E-state index in [2.05, 4.69) is 4.74 Å². The third-order valence-electron chi connectivity index (χ3n) is 3.23. The normalized spacial score (nSPS) is 17.9. The van der Waals surface area contributed by atoms with E-state index in [4.69, 9.17) is 4.74 Å². The van der Waals surface area contributed by atoms with Gasteiger partial charge in [-0.3, -0.25) is 4.79 Å².